The van der Waals surface area contributed by atoms with Crippen molar-refractivity contribution in [3.05, 3.63) is 65.6 Å². The van der Waals surface area contributed by atoms with Gasteiger partial charge in [0.2, 0.25) is 11.8 Å². The summed E-state index contributed by atoms with van der Waals surface area (Å²) in [4.78, 5) is 16.8. The first-order chi connectivity index (χ1) is 12.8. The molecule has 7 heteroatoms. The van der Waals surface area contributed by atoms with Gasteiger partial charge < -0.3 is 9.84 Å². The molecule has 1 unspecified atom stereocenters. The number of hydrogen-bond acceptors (Lipinski definition) is 5. The van der Waals surface area contributed by atoms with Gasteiger partial charge in [-0.3, -0.25) is 9.48 Å². The summed E-state index contributed by atoms with van der Waals surface area (Å²) < 4.78 is 7.24. The van der Waals surface area contributed by atoms with Crippen molar-refractivity contribution in [1.29, 1.82) is 0 Å². The van der Waals surface area contributed by atoms with E-state index in [0.29, 0.717) is 31.1 Å². The van der Waals surface area contributed by atoms with E-state index in [1.165, 1.54) is 0 Å². The molecular formula is C19H21N5O2. The molecule has 0 saturated heterocycles. The van der Waals surface area contributed by atoms with Crippen LogP contribution in [0.5, 0.6) is 0 Å². The maximum absolute atomic E-state index is 12.4. The number of fused-ring (bicyclic) bond motifs is 1. The lowest BCUT2D eigenvalue weighted by Gasteiger charge is -2.22. The van der Waals surface area contributed by atoms with Crippen molar-refractivity contribution < 1.29 is 9.32 Å². The number of benzene rings is 1. The predicted molar refractivity (Wildman–Crippen MR) is 94.3 cm³/mol. The molecule has 1 amide bonds. The zero-order valence-electron chi connectivity index (χ0n) is 14.5. The van der Waals surface area contributed by atoms with Crippen molar-refractivity contribution in [2.24, 2.45) is 5.92 Å². The number of nitrogens with zero attached hydrogens (tertiary/aromatic N) is 4. The van der Waals surface area contributed by atoms with Crippen LogP contribution in [0.1, 0.15) is 29.4 Å². The Morgan fingerprint density at radius 3 is 3.04 bits per heavy atom. The van der Waals surface area contributed by atoms with Gasteiger partial charge >= 0.3 is 0 Å². The van der Waals surface area contributed by atoms with Gasteiger partial charge in [-0.15, -0.1) is 0 Å². The van der Waals surface area contributed by atoms with E-state index in [-0.39, 0.29) is 11.8 Å². The Labute approximate surface area is 151 Å². The molecule has 1 atom stereocenters. The monoisotopic (exact) mass is 351 g/mol. The number of nitrogens with one attached hydrogen (secondary N) is 1. The molecule has 0 radical (unpaired) electrons. The van der Waals surface area contributed by atoms with Gasteiger partial charge in [0.15, 0.2) is 5.82 Å². The summed E-state index contributed by atoms with van der Waals surface area (Å²) >= 11 is 0. The number of hydrogen-bond donors (Lipinski definition) is 1. The Balaban J connectivity index is 1.24. The van der Waals surface area contributed by atoms with Gasteiger partial charge in [-0.1, -0.05) is 35.5 Å². The van der Waals surface area contributed by atoms with Crippen LogP contribution in [0, 0.1) is 5.92 Å². The zero-order chi connectivity index (χ0) is 17.8. The van der Waals surface area contributed by atoms with E-state index in [9.17, 15) is 4.79 Å². The first-order valence-electron chi connectivity index (χ1n) is 8.92. The molecule has 1 aromatic carbocycles. The van der Waals surface area contributed by atoms with Gasteiger partial charge in [-0.25, -0.2) is 0 Å². The summed E-state index contributed by atoms with van der Waals surface area (Å²) in [6.45, 7) is 1.30. The Morgan fingerprint density at radius 1 is 1.27 bits per heavy atom. The average molecular weight is 351 g/mol. The molecule has 3 aromatic rings. The second-order valence-electron chi connectivity index (χ2n) is 6.54. The molecule has 0 spiro atoms. The van der Waals surface area contributed by atoms with E-state index in [2.05, 4.69) is 20.6 Å². The molecule has 1 aliphatic heterocycles. The largest absolute Gasteiger partial charge is 0.355 e. The zero-order valence-corrected chi connectivity index (χ0v) is 14.5. The van der Waals surface area contributed by atoms with Crippen molar-refractivity contribution >= 4 is 5.91 Å². The van der Waals surface area contributed by atoms with Gasteiger partial charge in [0.25, 0.3) is 0 Å². The van der Waals surface area contributed by atoms with Crippen LogP contribution >= 0.6 is 0 Å². The van der Waals surface area contributed by atoms with Gasteiger partial charge in [-0.2, -0.15) is 10.1 Å². The molecule has 3 heterocycles. The highest BCUT2D eigenvalue weighted by Crippen LogP contribution is 2.19. The van der Waals surface area contributed by atoms with E-state index in [4.69, 9.17) is 4.52 Å². The minimum absolute atomic E-state index is 0.00975. The predicted octanol–water partition coefficient (Wildman–Crippen LogP) is 1.78. The fraction of sp³-hybridized carbons (Fsp3) is 0.368. The fourth-order valence-corrected chi connectivity index (χ4v) is 3.27. The van der Waals surface area contributed by atoms with Crippen LogP contribution in [-0.2, 0) is 30.6 Å². The molecule has 0 saturated carbocycles. The van der Waals surface area contributed by atoms with Crippen LogP contribution in [0.3, 0.4) is 0 Å². The molecule has 0 bridgehead atoms. The summed E-state index contributed by atoms with van der Waals surface area (Å²) in [6, 6.07) is 12.0. The van der Waals surface area contributed by atoms with E-state index in [0.717, 1.165) is 30.6 Å². The maximum atomic E-state index is 12.4. The Kier molecular flexibility index (Phi) is 4.77. The quantitative estimate of drug-likeness (QED) is 0.732. The normalized spacial score (nSPS) is 16.2. The third-order valence-corrected chi connectivity index (χ3v) is 4.67. The summed E-state index contributed by atoms with van der Waals surface area (Å²) in [5.74, 6) is 1.31. The molecule has 2 aromatic heterocycles. The number of aromatic nitrogens is 4. The van der Waals surface area contributed by atoms with E-state index in [1.54, 1.807) is 6.20 Å². The lowest BCUT2D eigenvalue weighted by Crippen LogP contribution is -2.36. The smallest absolute Gasteiger partial charge is 0.228 e. The molecule has 4 rings (SSSR count). The summed E-state index contributed by atoms with van der Waals surface area (Å²) in [6.07, 6.45) is 4.54. The second kappa shape index (κ2) is 7.51. The molecule has 1 N–H and O–H groups in total. The van der Waals surface area contributed by atoms with Crippen LogP contribution in [0.25, 0.3) is 0 Å². The average Bonchev–Trinajstić information content (AvgIpc) is 3.31. The lowest BCUT2D eigenvalue weighted by atomic mass is 9.95. The molecule has 1 aliphatic rings. The van der Waals surface area contributed by atoms with Crippen LogP contribution in [0.15, 0.2) is 47.1 Å². The van der Waals surface area contributed by atoms with Crippen LogP contribution in [0.2, 0.25) is 0 Å². The van der Waals surface area contributed by atoms with Crippen molar-refractivity contribution in [2.75, 3.05) is 6.54 Å². The Morgan fingerprint density at radius 2 is 2.15 bits per heavy atom. The third kappa shape index (κ3) is 3.82. The standard InChI is InChI=1S/C19H21N5O2/c25-19(15-8-11-24-16(13-15)6-10-21-24)20-9-7-18-22-17(23-26-18)12-14-4-2-1-3-5-14/h1-6,10,15H,7-9,11-13H2,(H,20,25). The third-order valence-electron chi connectivity index (χ3n) is 4.67. The van der Waals surface area contributed by atoms with Gasteiger partial charge in [0, 0.05) is 50.2 Å². The molecule has 26 heavy (non-hydrogen) atoms. The minimum Gasteiger partial charge on any atom is -0.355 e. The summed E-state index contributed by atoms with van der Waals surface area (Å²) in [5.41, 5.74) is 2.27. The number of aryl methyl sites for hydroxylation is 1. The van der Waals surface area contributed by atoms with Crippen molar-refractivity contribution in [3.63, 3.8) is 0 Å². The highest BCUT2D eigenvalue weighted by Gasteiger charge is 2.24. The first kappa shape index (κ1) is 16.5. The van der Waals surface area contributed by atoms with Crippen LogP contribution in [-0.4, -0.2) is 32.4 Å². The van der Waals surface area contributed by atoms with Crippen LogP contribution < -0.4 is 5.32 Å². The second-order valence-corrected chi connectivity index (χ2v) is 6.54. The van der Waals surface area contributed by atoms with Crippen molar-refractivity contribution in [2.45, 2.75) is 32.2 Å². The number of rotatable bonds is 6. The molecule has 134 valence electrons. The van der Waals surface area contributed by atoms with Crippen LogP contribution in [0.4, 0.5) is 0 Å². The molecule has 0 fully saturated rings. The lowest BCUT2D eigenvalue weighted by molar-refractivity contribution is -0.125. The topological polar surface area (TPSA) is 85.8 Å². The first-order valence-corrected chi connectivity index (χ1v) is 8.92. The summed E-state index contributed by atoms with van der Waals surface area (Å²) in [5, 5.41) is 11.2. The highest BCUT2D eigenvalue weighted by atomic mass is 16.5. The van der Waals surface area contributed by atoms with E-state index in [1.807, 2.05) is 41.1 Å². The van der Waals surface area contributed by atoms with Gasteiger partial charge in [0.1, 0.15) is 0 Å². The SMILES string of the molecule is O=C(NCCc1nc(Cc2ccccc2)no1)C1CCn2nccc2C1. The Hall–Kier alpha value is -2.96. The van der Waals surface area contributed by atoms with E-state index < -0.39 is 0 Å². The fourth-order valence-electron chi connectivity index (χ4n) is 3.27. The highest BCUT2D eigenvalue weighted by molar-refractivity contribution is 5.79. The summed E-state index contributed by atoms with van der Waals surface area (Å²) in [7, 11) is 0. The van der Waals surface area contributed by atoms with Gasteiger partial charge in [-0.05, 0) is 18.1 Å². The van der Waals surface area contributed by atoms with Gasteiger partial charge in [0.05, 0.1) is 0 Å². The van der Waals surface area contributed by atoms with Crippen molar-refractivity contribution in [3.8, 4) is 0 Å². The minimum atomic E-state index is 0.00975. The number of carbonyl (C=O) groups excluding carboxylic acids is 1. The number of carbonyl (C=O) groups is 1. The maximum Gasteiger partial charge on any atom is 0.228 e. The Bertz CT molecular complexity index is 871. The molecule has 7 nitrogen and oxygen atoms in total. The molecule has 0 aliphatic carbocycles. The molecular weight excluding hydrogens is 330 g/mol. The van der Waals surface area contributed by atoms with E-state index >= 15 is 0 Å². The van der Waals surface area contributed by atoms with Crippen molar-refractivity contribution in [1.82, 2.24) is 25.2 Å². The number of amides is 1.